The van der Waals surface area contributed by atoms with Crippen LogP contribution in [0.4, 0.5) is 0 Å². The van der Waals surface area contributed by atoms with Gasteiger partial charge in [0.05, 0.1) is 22.5 Å². The molecule has 0 unspecified atom stereocenters. The Labute approximate surface area is 137 Å². The second kappa shape index (κ2) is 5.86. The Morgan fingerprint density at radius 3 is 2.78 bits per heavy atom. The van der Waals surface area contributed by atoms with Crippen LogP contribution in [0.5, 0.6) is 0 Å². The summed E-state index contributed by atoms with van der Waals surface area (Å²) in [6, 6.07) is 9.09. The highest BCUT2D eigenvalue weighted by Crippen LogP contribution is 2.24. The molecule has 0 bridgehead atoms. The molecule has 0 aliphatic carbocycles. The minimum Gasteiger partial charge on any atom is -0.439 e. The predicted octanol–water partition coefficient (Wildman–Crippen LogP) is 3.17. The number of carbonyl (C=O) groups is 1. The van der Waals surface area contributed by atoms with Gasteiger partial charge in [0.2, 0.25) is 5.89 Å². The summed E-state index contributed by atoms with van der Waals surface area (Å²) in [7, 11) is 0. The summed E-state index contributed by atoms with van der Waals surface area (Å²) in [5, 5.41) is 14.1. The second-order valence-electron chi connectivity index (χ2n) is 5.19. The molecule has 0 fully saturated rings. The number of benzene rings is 1. The number of ketones is 1. The number of fused-ring (bicyclic) bond motifs is 1. The number of hydrogen-bond donors (Lipinski definition) is 0. The molecule has 0 aliphatic heterocycles. The average Bonchev–Trinajstić information content (AvgIpc) is 3.05. The third kappa shape index (κ3) is 2.71. The Balaban J connectivity index is 1.89. The van der Waals surface area contributed by atoms with Gasteiger partial charge in [-0.05, 0) is 26.0 Å². The molecule has 116 valence electrons. The van der Waals surface area contributed by atoms with Crippen molar-refractivity contribution >= 4 is 28.5 Å². The van der Waals surface area contributed by atoms with E-state index in [-0.39, 0.29) is 18.2 Å². The van der Waals surface area contributed by atoms with Gasteiger partial charge in [0.1, 0.15) is 12.1 Å². The lowest BCUT2D eigenvalue weighted by Gasteiger charge is -2.06. The lowest BCUT2D eigenvalue weighted by Crippen LogP contribution is -2.19. The van der Waals surface area contributed by atoms with E-state index in [1.54, 1.807) is 32.0 Å². The smallest absolute Gasteiger partial charge is 0.220 e. The molecule has 7 heteroatoms. The van der Waals surface area contributed by atoms with Crippen molar-refractivity contribution in [2.24, 2.45) is 0 Å². The number of oxazole rings is 1. The van der Waals surface area contributed by atoms with E-state index in [0.717, 1.165) is 0 Å². The van der Waals surface area contributed by atoms with Crippen molar-refractivity contribution in [1.82, 2.24) is 14.8 Å². The molecule has 3 rings (SSSR count). The van der Waals surface area contributed by atoms with E-state index in [1.807, 2.05) is 12.1 Å². The number of hydrogen-bond acceptors (Lipinski definition) is 5. The molecule has 2 aromatic heterocycles. The van der Waals surface area contributed by atoms with Crippen LogP contribution in [0, 0.1) is 25.2 Å². The predicted molar refractivity (Wildman–Crippen MR) is 84.1 cm³/mol. The first kappa shape index (κ1) is 15.3. The molecular weight excluding hydrogens is 316 g/mol. The summed E-state index contributed by atoms with van der Waals surface area (Å²) in [5.74, 6) is -1.32. The Bertz CT molecular complexity index is 902. The summed E-state index contributed by atoms with van der Waals surface area (Å²) < 4.78 is 7.02. The fraction of sp³-hybridized carbons (Fsp3) is 0.250. The fourth-order valence-corrected chi connectivity index (χ4v) is 2.48. The third-order valence-electron chi connectivity index (χ3n) is 3.61. The van der Waals surface area contributed by atoms with Gasteiger partial charge in [0, 0.05) is 0 Å². The molecular formula is C16H13ClN4O2. The first-order chi connectivity index (χ1) is 11.0. The van der Waals surface area contributed by atoms with Crippen molar-refractivity contribution in [3.05, 3.63) is 46.6 Å². The highest BCUT2D eigenvalue weighted by Gasteiger charge is 2.27. The van der Waals surface area contributed by atoms with Crippen molar-refractivity contribution in [2.45, 2.75) is 26.3 Å². The lowest BCUT2D eigenvalue weighted by atomic mass is 10.1. The number of aryl methyl sites for hydroxylation is 1. The molecule has 0 N–H and O–H groups in total. The zero-order valence-electron chi connectivity index (χ0n) is 12.6. The maximum absolute atomic E-state index is 12.5. The summed E-state index contributed by atoms with van der Waals surface area (Å²) in [5.41, 5.74) is 2.49. The monoisotopic (exact) mass is 328 g/mol. The average molecular weight is 329 g/mol. The van der Waals surface area contributed by atoms with Crippen LogP contribution < -0.4 is 0 Å². The number of aromatic nitrogens is 3. The van der Waals surface area contributed by atoms with Crippen LogP contribution in [0.3, 0.4) is 0 Å². The number of nitriles is 1. The SMILES string of the molecule is Cc1nn(CC(=O)[C@H](C#N)c2nc3ccccc3o2)c(C)c1Cl. The van der Waals surface area contributed by atoms with Gasteiger partial charge in [0.15, 0.2) is 17.3 Å². The van der Waals surface area contributed by atoms with E-state index in [9.17, 15) is 10.1 Å². The van der Waals surface area contributed by atoms with Crippen LogP contribution in [0.2, 0.25) is 5.02 Å². The third-order valence-corrected chi connectivity index (χ3v) is 4.15. The molecule has 2 heterocycles. The van der Waals surface area contributed by atoms with Gasteiger partial charge in [0.25, 0.3) is 0 Å². The Hall–Kier alpha value is -2.65. The normalized spacial score (nSPS) is 12.3. The molecule has 0 saturated carbocycles. The Kier molecular flexibility index (Phi) is 3.89. The van der Waals surface area contributed by atoms with Crippen LogP contribution in [-0.2, 0) is 11.3 Å². The topological polar surface area (TPSA) is 84.7 Å². The molecule has 0 spiro atoms. The van der Waals surface area contributed by atoms with Crippen LogP contribution in [0.1, 0.15) is 23.2 Å². The quantitative estimate of drug-likeness (QED) is 0.734. The summed E-state index contributed by atoms with van der Waals surface area (Å²) in [4.78, 5) is 16.7. The van der Waals surface area contributed by atoms with Crippen LogP contribution in [0.15, 0.2) is 28.7 Å². The largest absolute Gasteiger partial charge is 0.439 e. The maximum atomic E-state index is 12.5. The van der Waals surface area contributed by atoms with Gasteiger partial charge in [-0.3, -0.25) is 9.48 Å². The molecule has 0 radical (unpaired) electrons. The molecule has 1 atom stereocenters. The fourth-order valence-electron chi connectivity index (χ4n) is 2.35. The van der Waals surface area contributed by atoms with Crippen molar-refractivity contribution in [3.63, 3.8) is 0 Å². The first-order valence-electron chi connectivity index (χ1n) is 6.98. The van der Waals surface area contributed by atoms with E-state index in [4.69, 9.17) is 16.0 Å². The molecule has 0 aliphatic rings. The molecule has 0 saturated heterocycles. The minimum absolute atomic E-state index is 0.0592. The number of carbonyl (C=O) groups excluding carboxylic acids is 1. The van der Waals surface area contributed by atoms with E-state index in [1.165, 1.54) is 4.68 Å². The van der Waals surface area contributed by atoms with Gasteiger partial charge in [-0.15, -0.1) is 0 Å². The lowest BCUT2D eigenvalue weighted by molar-refractivity contribution is -0.120. The standard InChI is InChI=1S/C16H13ClN4O2/c1-9-15(17)10(2)21(20-9)8-13(22)11(7-18)16-19-12-5-3-4-6-14(12)23-16/h3-6,11H,8H2,1-2H3/t11-/m0/s1. The van der Waals surface area contributed by atoms with Gasteiger partial charge < -0.3 is 4.42 Å². The molecule has 0 amide bonds. The number of rotatable bonds is 4. The minimum atomic E-state index is -1.08. The summed E-state index contributed by atoms with van der Waals surface area (Å²) in [6.45, 7) is 3.48. The second-order valence-corrected chi connectivity index (χ2v) is 5.57. The summed E-state index contributed by atoms with van der Waals surface area (Å²) >= 11 is 6.08. The number of halogens is 1. The molecule has 1 aromatic carbocycles. The van der Waals surface area contributed by atoms with Gasteiger partial charge in [-0.1, -0.05) is 23.7 Å². The van der Waals surface area contributed by atoms with E-state index >= 15 is 0 Å². The summed E-state index contributed by atoms with van der Waals surface area (Å²) in [6.07, 6.45) is 0. The van der Waals surface area contributed by atoms with E-state index < -0.39 is 5.92 Å². The Morgan fingerprint density at radius 2 is 2.17 bits per heavy atom. The number of para-hydroxylation sites is 2. The van der Waals surface area contributed by atoms with Crippen molar-refractivity contribution in [1.29, 1.82) is 5.26 Å². The van der Waals surface area contributed by atoms with Crippen molar-refractivity contribution in [3.8, 4) is 6.07 Å². The zero-order chi connectivity index (χ0) is 16.6. The zero-order valence-corrected chi connectivity index (χ0v) is 13.3. The van der Waals surface area contributed by atoms with Gasteiger partial charge in [-0.25, -0.2) is 4.98 Å². The first-order valence-corrected chi connectivity index (χ1v) is 7.36. The van der Waals surface area contributed by atoms with Gasteiger partial charge >= 0.3 is 0 Å². The maximum Gasteiger partial charge on any atom is 0.220 e. The van der Waals surface area contributed by atoms with Crippen molar-refractivity contribution < 1.29 is 9.21 Å². The Morgan fingerprint density at radius 1 is 1.43 bits per heavy atom. The van der Waals surface area contributed by atoms with Crippen LogP contribution >= 0.6 is 11.6 Å². The highest BCUT2D eigenvalue weighted by molar-refractivity contribution is 6.31. The highest BCUT2D eigenvalue weighted by atomic mass is 35.5. The van der Waals surface area contributed by atoms with Crippen LogP contribution in [-0.4, -0.2) is 20.5 Å². The van der Waals surface area contributed by atoms with Crippen LogP contribution in [0.25, 0.3) is 11.1 Å². The number of Topliss-reactive ketones (excluding diaryl/α,β-unsaturated/α-hetero) is 1. The molecule has 23 heavy (non-hydrogen) atoms. The molecule has 3 aromatic rings. The van der Waals surface area contributed by atoms with E-state index in [2.05, 4.69) is 10.1 Å². The van der Waals surface area contributed by atoms with Gasteiger partial charge in [-0.2, -0.15) is 10.4 Å². The van der Waals surface area contributed by atoms with E-state index in [0.29, 0.717) is 27.5 Å². The van der Waals surface area contributed by atoms with Crippen molar-refractivity contribution in [2.75, 3.05) is 0 Å². The molecule has 6 nitrogen and oxygen atoms in total. The number of nitrogens with zero attached hydrogens (tertiary/aromatic N) is 4.